The molecule has 0 unspecified atom stereocenters. The summed E-state index contributed by atoms with van der Waals surface area (Å²) in [5.41, 5.74) is 0.923. The number of ether oxygens (including phenoxy) is 1. The van der Waals surface area contributed by atoms with Gasteiger partial charge in [0.05, 0.1) is 24.3 Å². The lowest BCUT2D eigenvalue weighted by Gasteiger charge is -2.35. The van der Waals surface area contributed by atoms with E-state index >= 15 is 0 Å². The molecule has 1 aliphatic carbocycles. The van der Waals surface area contributed by atoms with Crippen LogP contribution >= 0.6 is 0 Å². The van der Waals surface area contributed by atoms with Crippen LogP contribution in [-0.2, 0) is 15.7 Å². The maximum Gasteiger partial charge on any atom is 0.416 e. The van der Waals surface area contributed by atoms with Crippen LogP contribution in [0, 0.1) is 0 Å². The van der Waals surface area contributed by atoms with E-state index in [0.29, 0.717) is 31.7 Å². The predicted octanol–water partition coefficient (Wildman–Crippen LogP) is 3.75. The number of hydrogen-bond acceptors (Lipinski definition) is 6. The Balaban J connectivity index is 1.09. The summed E-state index contributed by atoms with van der Waals surface area (Å²) in [5, 5.41) is 5.39. The third-order valence-corrected chi connectivity index (χ3v) is 9.52. The molecule has 2 aliphatic heterocycles. The number of amides is 3. The first kappa shape index (κ1) is 33.9. The molecule has 0 radical (unpaired) electrons. The zero-order chi connectivity index (χ0) is 32.8. The maximum atomic E-state index is 13.0. The Labute approximate surface area is 268 Å². The van der Waals surface area contributed by atoms with Gasteiger partial charge >= 0.3 is 6.18 Å². The van der Waals surface area contributed by atoms with Crippen LogP contribution in [0.2, 0.25) is 0 Å². The largest absolute Gasteiger partial charge is 0.416 e. The standard InChI is InChI=1S/C34H44F3N5O4/c1-3-46-30-22-42(21-29(30)39-31(43)20-38-32(44)26-5-4-6-27(19-26)34(35,36)37)28-13-11-24(12-14-28)23-7-9-25(10-8-23)33(45)41-17-15-40(2)16-18-41/h4-10,19,24,28-30H,3,11-18,20-22H2,1-2H3,(H,38,44)(H,39,43)/t24?,28?,29-,30+/m0/s1. The normalized spacial score (nSPS) is 24.5. The van der Waals surface area contributed by atoms with Gasteiger partial charge in [0, 0.05) is 63.0 Å². The topological polar surface area (TPSA) is 94.2 Å². The molecule has 0 spiro atoms. The summed E-state index contributed by atoms with van der Waals surface area (Å²) < 4.78 is 45.0. The number of likely N-dealkylation sites (tertiary alicyclic amines) is 1. The minimum atomic E-state index is -4.56. The Kier molecular flexibility index (Phi) is 11.0. The van der Waals surface area contributed by atoms with E-state index in [1.54, 1.807) is 0 Å². The van der Waals surface area contributed by atoms with Crippen molar-refractivity contribution in [2.75, 3.05) is 59.5 Å². The van der Waals surface area contributed by atoms with Gasteiger partial charge in [0.1, 0.15) is 0 Å². The van der Waals surface area contributed by atoms with Crippen LogP contribution in [0.1, 0.15) is 70.4 Å². The van der Waals surface area contributed by atoms with E-state index in [-0.39, 0.29) is 30.2 Å². The fraction of sp³-hybridized carbons (Fsp3) is 0.559. The molecule has 3 fully saturated rings. The summed E-state index contributed by atoms with van der Waals surface area (Å²) in [6.45, 7) is 6.67. The molecule has 2 heterocycles. The van der Waals surface area contributed by atoms with E-state index in [0.717, 1.165) is 69.6 Å². The lowest BCUT2D eigenvalue weighted by Crippen LogP contribution is -2.48. The second kappa shape index (κ2) is 15.0. The highest BCUT2D eigenvalue weighted by Gasteiger charge is 2.39. The minimum Gasteiger partial charge on any atom is -0.375 e. The number of carbonyl (C=O) groups is 3. The van der Waals surface area contributed by atoms with E-state index in [2.05, 4.69) is 39.6 Å². The highest BCUT2D eigenvalue weighted by molar-refractivity contribution is 5.96. The van der Waals surface area contributed by atoms with Crippen LogP contribution in [0.15, 0.2) is 48.5 Å². The zero-order valence-corrected chi connectivity index (χ0v) is 26.5. The second-order valence-electron chi connectivity index (χ2n) is 12.6. The van der Waals surface area contributed by atoms with E-state index in [4.69, 9.17) is 4.74 Å². The van der Waals surface area contributed by atoms with Crippen molar-refractivity contribution >= 4 is 17.7 Å². The molecular formula is C34H44F3N5O4. The van der Waals surface area contributed by atoms with Gasteiger partial charge in [-0.05, 0) is 81.5 Å². The average Bonchev–Trinajstić information content (AvgIpc) is 3.45. The Hall–Kier alpha value is -3.48. The van der Waals surface area contributed by atoms with Crippen LogP contribution in [0.3, 0.4) is 0 Å². The van der Waals surface area contributed by atoms with Gasteiger partial charge in [-0.15, -0.1) is 0 Å². The summed E-state index contributed by atoms with van der Waals surface area (Å²) in [6, 6.07) is 12.3. The molecule has 1 saturated carbocycles. The number of hydrogen-bond donors (Lipinski definition) is 2. The van der Waals surface area contributed by atoms with Crippen LogP contribution in [0.4, 0.5) is 13.2 Å². The van der Waals surface area contributed by atoms with Crippen molar-refractivity contribution in [3.63, 3.8) is 0 Å². The first-order chi connectivity index (χ1) is 22.0. The van der Waals surface area contributed by atoms with Crippen LogP contribution in [-0.4, -0.2) is 110 Å². The number of alkyl halides is 3. The summed E-state index contributed by atoms with van der Waals surface area (Å²) in [7, 11) is 2.07. The molecule has 46 heavy (non-hydrogen) atoms. The third kappa shape index (κ3) is 8.45. The van der Waals surface area contributed by atoms with Gasteiger partial charge < -0.3 is 25.2 Å². The number of benzene rings is 2. The number of carbonyl (C=O) groups excluding carboxylic acids is 3. The first-order valence-electron chi connectivity index (χ1n) is 16.2. The molecule has 5 rings (SSSR count). The second-order valence-corrected chi connectivity index (χ2v) is 12.6. The Bertz CT molecular complexity index is 1360. The van der Waals surface area contributed by atoms with Crippen LogP contribution in [0.25, 0.3) is 0 Å². The highest BCUT2D eigenvalue weighted by atomic mass is 19.4. The summed E-state index contributed by atoms with van der Waals surface area (Å²) >= 11 is 0. The maximum absolute atomic E-state index is 13.0. The van der Waals surface area contributed by atoms with E-state index in [1.807, 2.05) is 24.0 Å². The van der Waals surface area contributed by atoms with Crippen molar-refractivity contribution < 1.29 is 32.3 Å². The van der Waals surface area contributed by atoms with Crippen molar-refractivity contribution in [3.05, 3.63) is 70.8 Å². The van der Waals surface area contributed by atoms with Crippen molar-refractivity contribution in [2.24, 2.45) is 0 Å². The molecule has 9 nitrogen and oxygen atoms in total. The lowest BCUT2D eigenvalue weighted by atomic mass is 9.81. The molecule has 2 aromatic carbocycles. The SMILES string of the molecule is CCO[C@@H]1CN(C2CCC(c3ccc(C(=O)N4CCN(C)CC4)cc3)CC2)C[C@@H]1NC(=O)CNC(=O)c1cccc(C(F)(F)F)c1. The van der Waals surface area contributed by atoms with E-state index in [9.17, 15) is 27.6 Å². The molecule has 250 valence electrons. The van der Waals surface area contributed by atoms with Gasteiger partial charge in [-0.3, -0.25) is 19.3 Å². The molecule has 3 aliphatic rings. The predicted molar refractivity (Wildman–Crippen MR) is 168 cm³/mol. The third-order valence-electron chi connectivity index (χ3n) is 9.52. The molecule has 12 heteroatoms. The number of rotatable bonds is 9. The molecular weight excluding hydrogens is 599 g/mol. The Morgan fingerprint density at radius 1 is 0.913 bits per heavy atom. The molecule has 2 atom stereocenters. The first-order valence-corrected chi connectivity index (χ1v) is 16.2. The van der Waals surface area contributed by atoms with Crippen molar-refractivity contribution in [3.8, 4) is 0 Å². The highest BCUT2D eigenvalue weighted by Crippen LogP contribution is 2.36. The number of nitrogens with one attached hydrogen (secondary N) is 2. The Morgan fingerprint density at radius 3 is 2.26 bits per heavy atom. The molecule has 0 bridgehead atoms. The molecule has 2 aromatic rings. The number of likely N-dealkylation sites (N-methyl/N-ethyl adjacent to an activating group) is 1. The van der Waals surface area contributed by atoms with Crippen LogP contribution in [0.5, 0.6) is 0 Å². The van der Waals surface area contributed by atoms with E-state index in [1.165, 1.54) is 17.7 Å². The van der Waals surface area contributed by atoms with E-state index < -0.39 is 23.6 Å². The molecule has 2 saturated heterocycles. The number of halogens is 3. The zero-order valence-electron chi connectivity index (χ0n) is 26.5. The van der Waals surface area contributed by atoms with Crippen LogP contribution < -0.4 is 10.6 Å². The molecule has 3 amide bonds. The Morgan fingerprint density at radius 2 is 1.61 bits per heavy atom. The van der Waals surface area contributed by atoms with Gasteiger partial charge in [-0.1, -0.05) is 18.2 Å². The quantitative estimate of drug-likeness (QED) is 0.433. The summed E-state index contributed by atoms with van der Waals surface area (Å²) in [5.74, 6) is -0.634. The fourth-order valence-corrected chi connectivity index (χ4v) is 6.84. The number of nitrogens with zero attached hydrogens (tertiary/aromatic N) is 3. The van der Waals surface area contributed by atoms with Gasteiger partial charge in [-0.2, -0.15) is 13.2 Å². The van der Waals surface area contributed by atoms with Crippen molar-refractivity contribution in [1.29, 1.82) is 0 Å². The van der Waals surface area contributed by atoms with Crippen molar-refractivity contribution in [1.82, 2.24) is 25.3 Å². The summed E-state index contributed by atoms with van der Waals surface area (Å²) in [4.78, 5) is 44.7. The number of piperazine rings is 1. The molecule has 2 N–H and O–H groups in total. The lowest BCUT2D eigenvalue weighted by molar-refractivity contribution is -0.137. The monoisotopic (exact) mass is 643 g/mol. The van der Waals surface area contributed by atoms with Crippen molar-refractivity contribution in [2.45, 2.75) is 62.9 Å². The van der Waals surface area contributed by atoms with Gasteiger partial charge in [0.2, 0.25) is 5.91 Å². The molecule has 0 aromatic heterocycles. The summed E-state index contributed by atoms with van der Waals surface area (Å²) in [6.07, 6.45) is -0.669. The van der Waals surface area contributed by atoms with Gasteiger partial charge in [0.15, 0.2) is 0 Å². The average molecular weight is 644 g/mol. The fourth-order valence-electron chi connectivity index (χ4n) is 6.84. The van der Waals surface area contributed by atoms with Gasteiger partial charge in [0.25, 0.3) is 11.8 Å². The van der Waals surface area contributed by atoms with Gasteiger partial charge in [-0.25, -0.2) is 0 Å². The minimum absolute atomic E-state index is 0.0981. The smallest absolute Gasteiger partial charge is 0.375 e.